The number of nitrogen functional groups attached to an aromatic ring is 1. The molecule has 1 aromatic carbocycles. The quantitative estimate of drug-likeness (QED) is 0.781. The molecule has 2 aromatic heterocycles. The fourth-order valence-electron chi connectivity index (χ4n) is 1.58. The predicted octanol–water partition coefficient (Wildman–Crippen LogP) is 3.58. The zero-order chi connectivity index (χ0) is 11.8. The van der Waals surface area contributed by atoms with E-state index in [4.69, 9.17) is 17.3 Å². The van der Waals surface area contributed by atoms with Gasteiger partial charge in [0.05, 0.1) is 20.9 Å². The van der Waals surface area contributed by atoms with Crippen LogP contribution < -0.4 is 5.73 Å². The van der Waals surface area contributed by atoms with E-state index in [1.807, 2.05) is 23.6 Å². The van der Waals surface area contributed by atoms with Gasteiger partial charge in [-0.2, -0.15) is 0 Å². The van der Waals surface area contributed by atoms with Crippen LogP contribution in [0.5, 0.6) is 0 Å². The van der Waals surface area contributed by atoms with Gasteiger partial charge in [0.15, 0.2) is 5.13 Å². The molecule has 3 rings (SSSR count). The number of rotatable bonds is 2. The van der Waals surface area contributed by atoms with Gasteiger partial charge in [-0.25, -0.2) is 9.97 Å². The van der Waals surface area contributed by atoms with Gasteiger partial charge in [-0.15, -0.1) is 22.7 Å². The van der Waals surface area contributed by atoms with Gasteiger partial charge in [0.1, 0.15) is 0 Å². The molecule has 2 N–H and O–H groups in total. The molecule has 0 aliphatic carbocycles. The van der Waals surface area contributed by atoms with Crippen LogP contribution in [0.2, 0.25) is 5.02 Å². The first-order valence-corrected chi connectivity index (χ1v) is 7.03. The highest BCUT2D eigenvalue weighted by Gasteiger charge is 2.07. The molecule has 0 spiro atoms. The van der Waals surface area contributed by atoms with Crippen molar-refractivity contribution in [3.8, 4) is 0 Å². The Labute approximate surface area is 111 Å². The molecule has 0 radical (unpaired) electrons. The minimum absolute atomic E-state index is 0.601. The van der Waals surface area contributed by atoms with E-state index in [1.165, 1.54) is 11.3 Å². The first-order chi connectivity index (χ1) is 8.20. The molecule has 0 saturated carbocycles. The molecule has 3 nitrogen and oxygen atoms in total. The third kappa shape index (κ3) is 2.26. The number of thiazole rings is 2. The Bertz CT molecular complexity index is 674. The summed E-state index contributed by atoms with van der Waals surface area (Å²) in [7, 11) is 0. The van der Waals surface area contributed by atoms with E-state index in [2.05, 4.69) is 9.97 Å². The smallest absolute Gasteiger partial charge is 0.180 e. The maximum Gasteiger partial charge on any atom is 0.180 e. The van der Waals surface area contributed by atoms with Gasteiger partial charge in [0.25, 0.3) is 0 Å². The fourth-order valence-corrected chi connectivity index (χ4v) is 3.40. The van der Waals surface area contributed by atoms with Crippen molar-refractivity contribution in [1.82, 2.24) is 9.97 Å². The Balaban J connectivity index is 1.95. The normalized spacial score (nSPS) is 11.1. The Morgan fingerprint density at radius 3 is 2.94 bits per heavy atom. The number of hydrogen-bond donors (Lipinski definition) is 1. The monoisotopic (exact) mass is 281 g/mol. The minimum Gasteiger partial charge on any atom is -0.375 e. The second-order valence-electron chi connectivity index (χ2n) is 3.57. The predicted molar refractivity (Wildman–Crippen MR) is 74.0 cm³/mol. The molecule has 0 bridgehead atoms. The van der Waals surface area contributed by atoms with Gasteiger partial charge in [-0.1, -0.05) is 11.6 Å². The average Bonchev–Trinajstić information content (AvgIpc) is 2.84. The molecule has 0 fully saturated rings. The number of benzene rings is 1. The Hall–Kier alpha value is -1.17. The zero-order valence-electron chi connectivity index (χ0n) is 8.68. The summed E-state index contributed by atoms with van der Waals surface area (Å²) in [6, 6.07) is 5.73. The topological polar surface area (TPSA) is 51.8 Å². The molecule has 0 saturated heterocycles. The van der Waals surface area contributed by atoms with Crippen molar-refractivity contribution in [2.24, 2.45) is 0 Å². The molecule has 0 unspecified atom stereocenters. The Morgan fingerprint density at radius 1 is 1.29 bits per heavy atom. The van der Waals surface area contributed by atoms with Crippen LogP contribution in [0.25, 0.3) is 10.2 Å². The first-order valence-electron chi connectivity index (χ1n) is 4.95. The van der Waals surface area contributed by atoms with E-state index in [1.54, 1.807) is 11.3 Å². The highest BCUT2D eigenvalue weighted by atomic mass is 35.5. The van der Waals surface area contributed by atoms with E-state index in [9.17, 15) is 0 Å². The first kappa shape index (κ1) is 11.0. The summed E-state index contributed by atoms with van der Waals surface area (Å²) in [6.07, 6.45) is 0.727. The lowest BCUT2D eigenvalue weighted by Gasteiger charge is -1.88. The summed E-state index contributed by atoms with van der Waals surface area (Å²) in [6.45, 7) is 0. The molecule has 2 heterocycles. The van der Waals surface area contributed by atoms with Crippen molar-refractivity contribution >= 4 is 49.6 Å². The molecule has 0 amide bonds. The second kappa shape index (κ2) is 4.25. The van der Waals surface area contributed by atoms with E-state index >= 15 is 0 Å². The standard InChI is InChI=1S/C11H8ClN3S2/c12-6-1-2-8-9(3-6)17-10(15-8)4-7-5-16-11(13)14-7/h1-3,5H,4H2,(H2,13,14). The van der Waals surface area contributed by atoms with Crippen LogP contribution in [0.3, 0.4) is 0 Å². The molecule has 3 aromatic rings. The van der Waals surface area contributed by atoms with Crippen molar-refractivity contribution in [3.63, 3.8) is 0 Å². The maximum atomic E-state index is 5.94. The number of nitrogens with two attached hydrogens (primary N) is 1. The van der Waals surface area contributed by atoms with Crippen molar-refractivity contribution < 1.29 is 0 Å². The summed E-state index contributed by atoms with van der Waals surface area (Å²) in [5.74, 6) is 0. The number of halogens is 1. The number of aromatic nitrogens is 2. The molecule has 86 valence electrons. The summed E-state index contributed by atoms with van der Waals surface area (Å²) in [5, 5.41) is 4.34. The van der Waals surface area contributed by atoms with Crippen LogP contribution in [0.1, 0.15) is 10.7 Å². The van der Waals surface area contributed by atoms with E-state index in [0.29, 0.717) is 5.13 Å². The minimum atomic E-state index is 0.601. The third-order valence-electron chi connectivity index (χ3n) is 2.30. The van der Waals surface area contributed by atoms with Gasteiger partial charge in [-0.3, -0.25) is 0 Å². The summed E-state index contributed by atoms with van der Waals surface area (Å²) < 4.78 is 1.11. The van der Waals surface area contributed by atoms with Crippen molar-refractivity contribution in [1.29, 1.82) is 0 Å². The maximum absolute atomic E-state index is 5.94. The largest absolute Gasteiger partial charge is 0.375 e. The van der Waals surface area contributed by atoms with Gasteiger partial charge >= 0.3 is 0 Å². The van der Waals surface area contributed by atoms with E-state index in [0.717, 1.165) is 32.4 Å². The van der Waals surface area contributed by atoms with E-state index in [-0.39, 0.29) is 0 Å². The molecular formula is C11H8ClN3S2. The van der Waals surface area contributed by atoms with Crippen LogP contribution in [0.15, 0.2) is 23.6 Å². The van der Waals surface area contributed by atoms with Gasteiger partial charge in [0, 0.05) is 16.8 Å². The van der Waals surface area contributed by atoms with Crippen LogP contribution in [-0.2, 0) is 6.42 Å². The van der Waals surface area contributed by atoms with E-state index < -0.39 is 0 Å². The number of hydrogen-bond acceptors (Lipinski definition) is 5. The zero-order valence-corrected chi connectivity index (χ0v) is 11.1. The molecule has 0 aliphatic rings. The van der Waals surface area contributed by atoms with Crippen LogP contribution >= 0.6 is 34.3 Å². The Kier molecular flexibility index (Phi) is 2.74. The summed E-state index contributed by atoms with van der Waals surface area (Å²) >= 11 is 9.04. The number of nitrogens with zero attached hydrogens (tertiary/aromatic N) is 2. The molecule has 17 heavy (non-hydrogen) atoms. The fraction of sp³-hybridized carbons (Fsp3) is 0.0909. The highest BCUT2D eigenvalue weighted by Crippen LogP contribution is 2.27. The summed E-state index contributed by atoms with van der Waals surface area (Å²) in [4.78, 5) is 8.77. The number of anilines is 1. The SMILES string of the molecule is Nc1nc(Cc2nc3ccc(Cl)cc3s2)cs1. The van der Waals surface area contributed by atoms with Gasteiger partial charge in [0.2, 0.25) is 0 Å². The average molecular weight is 282 g/mol. The third-order valence-corrected chi connectivity index (χ3v) is 4.27. The molecule has 6 heteroatoms. The lowest BCUT2D eigenvalue weighted by molar-refractivity contribution is 1.09. The second-order valence-corrected chi connectivity index (χ2v) is 6.01. The van der Waals surface area contributed by atoms with Crippen molar-refractivity contribution in [2.45, 2.75) is 6.42 Å². The van der Waals surface area contributed by atoms with Crippen molar-refractivity contribution in [3.05, 3.63) is 39.3 Å². The van der Waals surface area contributed by atoms with Crippen LogP contribution in [-0.4, -0.2) is 9.97 Å². The van der Waals surface area contributed by atoms with Gasteiger partial charge in [-0.05, 0) is 18.2 Å². The van der Waals surface area contributed by atoms with Crippen LogP contribution in [0.4, 0.5) is 5.13 Å². The molecule has 0 atom stereocenters. The van der Waals surface area contributed by atoms with Gasteiger partial charge < -0.3 is 5.73 Å². The molecule has 0 aliphatic heterocycles. The summed E-state index contributed by atoms with van der Waals surface area (Å²) in [5.41, 5.74) is 7.55. The highest BCUT2D eigenvalue weighted by molar-refractivity contribution is 7.18. The lowest BCUT2D eigenvalue weighted by Crippen LogP contribution is -1.88. The number of fused-ring (bicyclic) bond motifs is 1. The van der Waals surface area contributed by atoms with Crippen LogP contribution in [0, 0.1) is 0 Å². The van der Waals surface area contributed by atoms with Crippen molar-refractivity contribution in [2.75, 3.05) is 5.73 Å². The Morgan fingerprint density at radius 2 is 2.18 bits per heavy atom. The molecular weight excluding hydrogens is 274 g/mol. The lowest BCUT2D eigenvalue weighted by atomic mass is 10.3.